The zero-order chi connectivity index (χ0) is 12.1. The quantitative estimate of drug-likeness (QED) is 0.790. The number of rotatable bonds is 5. The lowest BCUT2D eigenvalue weighted by atomic mass is 10.2. The Kier molecular flexibility index (Phi) is 4.55. The molecule has 0 aliphatic carbocycles. The molecule has 0 spiro atoms. The zero-order valence-corrected chi connectivity index (χ0v) is 10.2. The van der Waals surface area contributed by atoms with Crippen molar-refractivity contribution in [3.05, 3.63) is 23.5 Å². The van der Waals surface area contributed by atoms with Crippen molar-refractivity contribution in [1.82, 2.24) is 9.88 Å². The van der Waals surface area contributed by atoms with Gasteiger partial charge in [-0.1, -0.05) is 6.92 Å². The Bertz CT molecular complexity index is 358. The lowest BCUT2D eigenvalue weighted by molar-refractivity contribution is 0.0933. The number of hydrogen-bond acceptors (Lipinski definition) is 2. The maximum Gasteiger partial charge on any atom is 0.267 e. The molecule has 4 nitrogen and oxygen atoms in total. The number of carbonyl (C=O) groups is 1. The molecular weight excluding hydrogens is 204 g/mol. The second-order valence-corrected chi connectivity index (χ2v) is 4.03. The Labute approximate surface area is 96.3 Å². The van der Waals surface area contributed by atoms with Crippen molar-refractivity contribution in [3.63, 3.8) is 0 Å². The second kappa shape index (κ2) is 5.70. The van der Waals surface area contributed by atoms with Gasteiger partial charge in [-0.3, -0.25) is 4.79 Å². The van der Waals surface area contributed by atoms with E-state index >= 15 is 0 Å². The number of aromatic nitrogens is 1. The Hall–Kier alpha value is -1.29. The van der Waals surface area contributed by atoms with Crippen LogP contribution in [0.4, 0.5) is 0 Å². The first-order valence-electron chi connectivity index (χ1n) is 5.64. The molecule has 0 aliphatic heterocycles. The van der Waals surface area contributed by atoms with E-state index in [4.69, 9.17) is 0 Å². The molecule has 1 aromatic heterocycles. The van der Waals surface area contributed by atoms with Crippen LogP contribution in [0.5, 0.6) is 0 Å². The maximum atomic E-state index is 11.7. The molecule has 4 heteroatoms. The zero-order valence-electron chi connectivity index (χ0n) is 10.2. The predicted octanol–water partition coefficient (Wildman–Crippen LogP) is 1.22. The highest BCUT2D eigenvalue weighted by molar-refractivity contribution is 5.92. The molecular formula is C12H20N2O2. The Morgan fingerprint density at radius 2 is 2.25 bits per heavy atom. The topological polar surface area (TPSA) is 54.3 Å². The van der Waals surface area contributed by atoms with Crippen LogP contribution < -0.4 is 5.32 Å². The van der Waals surface area contributed by atoms with Crippen molar-refractivity contribution in [1.29, 1.82) is 0 Å². The molecule has 0 saturated carbocycles. The summed E-state index contributed by atoms with van der Waals surface area (Å²) < 4.78 is 1.85. The largest absolute Gasteiger partial charge is 0.393 e. The van der Waals surface area contributed by atoms with Crippen molar-refractivity contribution >= 4 is 5.91 Å². The van der Waals surface area contributed by atoms with Crippen LogP contribution >= 0.6 is 0 Å². The van der Waals surface area contributed by atoms with Gasteiger partial charge in [0, 0.05) is 19.3 Å². The first kappa shape index (κ1) is 12.8. The van der Waals surface area contributed by atoms with Crippen LogP contribution in [0.25, 0.3) is 0 Å². The Morgan fingerprint density at radius 1 is 1.56 bits per heavy atom. The minimum absolute atomic E-state index is 0.0843. The van der Waals surface area contributed by atoms with E-state index < -0.39 is 0 Å². The number of aliphatic hydroxyl groups excluding tert-OH is 1. The van der Waals surface area contributed by atoms with Crippen LogP contribution in [0.3, 0.4) is 0 Å². The summed E-state index contributed by atoms with van der Waals surface area (Å²) in [5, 5.41) is 12.1. The van der Waals surface area contributed by atoms with Gasteiger partial charge >= 0.3 is 0 Å². The van der Waals surface area contributed by atoms with E-state index in [0.29, 0.717) is 18.7 Å². The standard InChI is InChI=1S/C12H20N2O2/c1-4-10(15)7-8-13-12(16)11-6-5-9(2)14(11)3/h5-6,10,15H,4,7-8H2,1-3H3,(H,13,16). The van der Waals surface area contributed by atoms with E-state index in [-0.39, 0.29) is 12.0 Å². The molecule has 16 heavy (non-hydrogen) atoms. The van der Waals surface area contributed by atoms with E-state index in [9.17, 15) is 9.90 Å². The van der Waals surface area contributed by atoms with Gasteiger partial charge in [-0.2, -0.15) is 0 Å². The van der Waals surface area contributed by atoms with Crippen LogP contribution in [-0.4, -0.2) is 28.2 Å². The summed E-state index contributed by atoms with van der Waals surface area (Å²) in [6, 6.07) is 3.72. The third-order valence-electron chi connectivity index (χ3n) is 2.84. The van der Waals surface area contributed by atoms with E-state index in [1.165, 1.54) is 0 Å². The first-order valence-corrected chi connectivity index (χ1v) is 5.64. The van der Waals surface area contributed by atoms with Crippen molar-refractivity contribution in [2.75, 3.05) is 6.54 Å². The fraction of sp³-hybridized carbons (Fsp3) is 0.583. The van der Waals surface area contributed by atoms with Crippen LogP contribution in [0.2, 0.25) is 0 Å². The molecule has 1 unspecified atom stereocenters. The minimum atomic E-state index is -0.324. The van der Waals surface area contributed by atoms with E-state index in [1.54, 1.807) is 6.07 Å². The van der Waals surface area contributed by atoms with Crippen LogP contribution in [-0.2, 0) is 7.05 Å². The predicted molar refractivity (Wildman–Crippen MR) is 63.4 cm³/mol. The molecule has 0 bridgehead atoms. The van der Waals surface area contributed by atoms with Crippen LogP contribution in [0.1, 0.15) is 35.9 Å². The summed E-state index contributed by atoms with van der Waals surface area (Å²) >= 11 is 0. The molecule has 2 N–H and O–H groups in total. The van der Waals surface area contributed by atoms with E-state index in [0.717, 1.165) is 12.1 Å². The third-order valence-corrected chi connectivity index (χ3v) is 2.84. The molecule has 0 fully saturated rings. The number of hydrogen-bond donors (Lipinski definition) is 2. The van der Waals surface area contributed by atoms with E-state index in [2.05, 4.69) is 5.32 Å². The number of aliphatic hydroxyl groups is 1. The first-order chi connectivity index (χ1) is 7.56. The minimum Gasteiger partial charge on any atom is -0.393 e. The Balaban J connectivity index is 2.44. The van der Waals surface area contributed by atoms with Gasteiger partial charge in [-0.05, 0) is 31.9 Å². The number of amides is 1. The lowest BCUT2D eigenvalue weighted by Crippen LogP contribution is -2.28. The molecule has 0 radical (unpaired) electrons. The van der Waals surface area contributed by atoms with Crippen molar-refractivity contribution in [2.45, 2.75) is 32.8 Å². The molecule has 0 saturated heterocycles. The van der Waals surface area contributed by atoms with Gasteiger partial charge in [0.2, 0.25) is 0 Å². The summed E-state index contributed by atoms with van der Waals surface area (Å²) in [5.41, 5.74) is 1.71. The molecule has 1 amide bonds. The summed E-state index contributed by atoms with van der Waals surface area (Å²) in [7, 11) is 1.87. The average molecular weight is 224 g/mol. The summed E-state index contributed by atoms with van der Waals surface area (Å²) in [4.78, 5) is 11.7. The molecule has 90 valence electrons. The lowest BCUT2D eigenvalue weighted by Gasteiger charge is -2.09. The van der Waals surface area contributed by atoms with Crippen molar-refractivity contribution in [2.24, 2.45) is 7.05 Å². The highest BCUT2D eigenvalue weighted by Gasteiger charge is 2.10. The number of nitrogens with zero attached hydrogens (tertiary/aromatic N) is 1. The molecule has 1 heterocycles. The Morgan fingerprint density at radius 3 is 2.75 bits per heavy atom. The molecule has 0 aromatic carbocycles. The summed E-state index contributed by atoms with van der Waals surface area (Å²) in [6.07, 6.45) is 1.00. The van der Waals surface area contributed by atoms with Crippen LogP contribution in [0, 0.1) is 6.92 Å². The molecule has 1 aromatic rings. The fourth-order valence-electron chi connectivity index (χ4n) is 1.49. The SMILES string of the molecule is CCC(O)CCNC(=O)c1ccc(C)n1C. The smallest absolute Gasteiger partial charge is 0.267 e. The van der Waals surface area contributed by atoms with Crippen molar-refractivity contribution < 1.29 is 9.90 Å². The third kappa shape index (κ3) is 3.10. The van der Waals surface area contributed by atoms with E-state index in [1.807, 2.05) is 31.5 Å². The van der Waals surface area contributed by atoms with Gasteiger partial charge in [0.1, 0.15) is 5.69 Å². The number of carbonyl (C=O) groups excluding carboxylic acids is 1. The monoisotopic (exact) mass is 224 g/mol. The summed E-state index contributed by atoms with van der Waals surface area (Å²) in [6.45, 7) is 4.39. The van der Waals surface area contributed by atoms with Gasteiger partial charge < -0.3 is 15.0 Å². The normalized spacial score (nSPS) is 12.5. The van der Waals surface area contributed by atoms with Gasteiger partial charge in [-0.25, -0.2) is 0 Å². The van der Waals surface area contributed by atoms with Gasteiger partial charge in [-0.15, -0.1) is 0 Å². The maximum absolute atomic E-state index is 11.7. The molecule has 0 aliphatic rings. The molecule has 1 rings (SSSR count). The number of aryl methyl sites for hydroxylation is 1. The summed E-state index contributed by atoms with van der Waals surface area (Å²) in [5.74, 6) is -0.0843. The molecule has 1 atom stereocenters. The fourth-order valence-corrected chi connectivity index (χ4v) is 1.49. The average Bonchev–Trinajstić information content (AvgIpc) is 2.59. The highest BCUT2D eigenvalue weighted by Crippen LogP contribution is 2.05. The van der Waals surface area contributed by atoms with Crippen molar-refractivity contribution in [3.8, 4) is 0 Å². The van der Waals surface area contributed by atoms with Crippen LogP contribution in [0.15, 0.2) is 12.1 Å². The highest BCUT2D eigenvalue weighted by atomic mass is 16.3. The van der Waals surface area contributed by atoms with Gasteiger partial charge in [0.15, 0.2) is 0 Å². The van der Waals surface area contributed by atoms with Gasteiger partial charge in [0.05, 0.1) is 6.10 Å². The van der Waals surface area contributed by atoms with Gasteiger partial charge in [0.25, 0.3) is 5.91 Å². The second-order valence-electron chi connectivity index (χ2n) is 4.03. The number of nitrogens with one attached hydrogen (secondary N) is 1.